The van der Waals surface area contributed by atoms with Gasteiger partial charge in [0.25, 0.3) is 0 Å². The lowest BCUT2D eigenvalue weighted by Crippen LogP contribution is -2.39. The van der Waals surface area contributed by atoms with E-state index in [4.69, 9.17) is 0 Å². The van der Waals surface area contributed by atoms with Crippen LogP contribution in [0.5, 0.6) is 0 Å². The quantitative estimate of drug-likeness (QED) is 0.607. The summed E-state index contributed by atoms with van der Waals surface area (Å²) in [6.07, 6.45) is -0.209. The molecule has 0 spiro atoms. The fraction of sp³-hybridized carbons (Fsp3) is 0.318. The van der Waals surface area contributed by atoms with Gasteiger partial charge in [-0.3, -0.25) is 14.4 Å². The first-order chi connectivity index (χ1) is 14.4. The summed E-state index contributed by atoms with van der Waals surface area (Å²) >= 11 is 0. The minimum Gasteiger partial charge on any atom is -0.326 e. The number of fused-ring (bicyclic) bond motifs is 1. The van der Waals surface area contributed by atoms with E-state index >= 15 is 0 Å². The van der Waals surface area contributed by atoms with Crippen LogP contribution in [0.15, 0.2) is 44.8 Å². The van der Waals surface area contributed by atoms with Crippen molar-refractivity contribution in [3.8, 4) is 0 Å². The van der Waals surface area contributed by atoms with Crippen LogP contribution >= 0.6 is 0 Å². The van der Waals surface area contributed by atoms with E-state index in [1.165, 1.54) is 36.9 Å². The highest BCUT2D eigenvalue weighted by Gasteiger charge is 2.19. The molecule has 1 aromatic heterocycles. The predicted molar refractivity (Wildman–Crippen MR) is 120 cm³/mol. The van der Waals surface area contributed by atoms with Crippen molar-refractivity contribution in [3.05, 3.63) is 67.7 Å². The first-order valence-electron chi connectivity index (χ1n) is 9.72. The van der Waals surface area contributed by atoms with Gasteiger partial charge in [0.1, 0.15) is 0 Å². The molecule has 0 saturated carbocycles. The summed E-state index contributed by atoms with van der Waals surface area (Å²) in [6, 6.07) is 8.13. The minimum absolute atomic E-state index is 0.0101. The molecule has 31 heavy (non-hydrogen) atoms. The van der Waals surface area contributed by atoms with E-state index in [9.17, 15) is 22.8 Å². The van der Waals surface area contributed by atoms with Crippen LogP contribution in [0.4, 0.5) is 5.69 Å². The van der Waals surface area contributed by atoms with Crippen LogP contribution < -0.4 is 16.4 Å². The molecule has 3 rings (SSSR count). The van der Waals surface area contributed by atoms with Crippen molar-refractivity contribution in [2.24, 2.45) is 14.1 Å². The maximum Gasteiger partial charge on any atom is 0.316 e. The van der Waals surface area contributed by atoms with E-state index in [1.54, 1.807) is 0 Å². The van der Waals surface area contributed by atoms with Gasteiger partial charge in [-0.2, -0.15) is 0 Å². The monoisotopic (exact) mass is 443 g/mol. The molecule has 164 valence electrons. The predicted octanol–water partition coefficient (Wildman–Crippen LogP) is 1.96. The number of carbonyl (C=O) groups is 1. The Morgan fingerprint density at radius 3 is 2.03 bits per heavy atom. The first-order valence-corrected chi connectivity index (χ1v) is 11.4. The Bertz CT molecular complexity index is 1410. The molecule has 0 aliphatic heterocycles. The number of nitrogens with one attached hydrogen (secondary N) is 1. The van der Waals surface area contributed by atoms with Crippen molar-refractivity contribution in [1.29, 1.82) is 0 Å². The molecule has 0 unspecified atom stereocenters. The molecule has 0 aliphatic carbocycles. The average Bonchev–Trinajstić information content (AvgIpc) is 2.71. The molecule has 0 bridgehead atoms. The molecular weight excluding hydrogens is 418 g/mol. The third-order valence-corrected chi connectivity index (χ3v) is 7.07. The molecule has 3 aromatic rings. The molecule has 0 radical (unpaired) electrons. The van der Waals surface area contributed by atoms with Crippen molar-refractivity contribution in [3.63, 3.8) is 0 Å². The van der Waals surface area contributed by atoms with Crippen LogP contribution in [0.1, 0.15) is 23.1 Å². The molecule has 0 aliphatic rings. The number of benzene rings is 2. The van der Waals surface area contributed by atoms with Gasteiger partial charge in [-0.15, -0.1) is 0 Å². The Labute approximate surface area is 180 Å². The largest absolute Gasteiger partial charge is 0.326 e. The fourth-order valence-corrected chi connectivity index (χ4v) is 4.94. The number of sulfone groups is 1. The molecule has 2 aromatic carbocycles. The van der Waals surface area contributed by atoms with E-state index < -0.39 is 26.9 Å². The molecule has 0 fully saturated rings. The average molecular weight is 444 g/mol. The number of hydrogen-bond donors (Lipinski definition) is 1. The molecule has 0 saturated heterocycles. The Morgan fingerprint density at radius 1 is 0.903 bits per heavy atom. The lowest BCUT2D eigenvalue weighted by Gasteiger charge is -2.13. The van der Waals surface area contributed by atoms with E-state index in [1.807, 2.05) is 32.9 Å². The number of hydrogen-bond acceptors (Lipinski definition) is 5. The molecule has 9 heteroatoms. The highest BCUT2D eigenvalue weighted by atomic mass is 32.2. The number of nitrogens with zero attached hydrogens (tertiary/aromatic N) is 2. The number of aromatic nitrogens is 2. The summed E-state index contributed by atoms with van der Waals surface area (Å²) in [5.41, 5.74) is 2.92. The van der Waals surface area contributed by atoms with Crippen LogP contribution in [-0.4, -0.2) is 29.2 Å². The lowest BCUT2D eigenvalue weighted by atomic mass is 10.1. The molecular formula is C22H25N3O5S. The second-order valence-corrected chi connectivity index (χ2v) is 9.88. The Morgan fingerprint density at radius 2 is 1.45 bits per heavy atom. The fourth-order valence-electron chi connectivity index (χ4n) is 3.68. The van der Waals surface area contributed by atoms with Crippen LogP contribution in [0.25, 0.3) is 11.0 Å². The molecule has 1 N–H and O–H groups in total. The van der Waals surface area contributed by atoms with Gasteiger partial charge in [-0.05, 0) is 50.1 Å². The SMILES string of the molecule is Cc1cc(C)c(NC(=O)CCS(=O)(=O)c2ccc3c(c2)n(C)c(=O)c(=O)n3C)c(C)c1. The summed E-state index contributed by atoms with van der Waals surface area (Å²) in [5, 5.41) is 2.80. The number of amides is 1. The molecule has 0 atom stereocenters. The van der Waals surface area contributed by atoms with Gasteiger partial charge in [-0.1, -0.05) is 17.7 Å². The first kappa shape index (κ1) is 22.5. The summed E-state index contributed by atoms with van der Waals surface area (Å²) in [4.78, 5) is 36.4. The van der Waals surface area contributed by atoms with Gasteiger partial charge in [0.2, 0.25) is 5.91 Å². The summed E-state index contributed by atoms with van der Waals surface area (Å²) < 4.78 is 28.0. The highest BCUT2D eigenvalue weighted by Crippen LogP contribution is 2.23. The van der Waals surface area contributed by atoms with E-state index in [-0.39, 0.29) is 17.1 Å². The van der Waals surface area contributed by atoms with E-state index in [0.29, 0.717) is 16.7 Å². The second kappa shape index (κ2) is 8.14. The highest BCUT2D eigenvalue weighted by molar-refractivity contribution is 7.91. The van der Waals surface area contributed by atoms with Gasteiger partial charge < -0.3 is 14.5 Å². The van der Waals surface area contributed by atoms with Gasteiger partial charge in [0, 0.05) is 26.2 Å². The summed E-state index contributed by atoms with van der Waals surface area (Å²) in [6.45, 7) is 5.74. The Balaban J connectivity index is 1.84. The zero-order valence-electron chi connectivity index (χ0n) is 18.1. The van der Waals surface area contributed by atoms with Gasteiger partial charge in [0.05, 0.1) is 21.7 Å². The van der Waals surface area contributed by atoms with Crippen molar-refractivity contribution in [1.82, 2.24) is 9.13 Å². The van der Waals surface area contributed by atoms with Crippen molar-refractivity contribution in [2.45, 2.75) is 32.1 Å². The van der Waals surface area contributed by atoms with Gasteiger partial charge in [-0.25, -0.2) is 8.42 Å². The van der Waals surface area contributed by atoms with Gasteiger partial charge >= 0.3 is 11.1 Å². The third kappa shape index (κ3) is 4.32. The number of rotatable bonds is 5. The number of carbonyl (C=O) groups excluding carboxylic acids is 1. The van der Waals surface area contributed by atoms with E-state index in [2.05, 4.69) is 5.32 Å². The topological polar surface area (TPSA) is 107 Å². The summed E-state index contributed by atoms with van der Waals surface area (Å²) in [7, 11) is -0.905. The van der Waals surface area contributed by atoms with Crippen molar-refractivity contribution in [2.75, 3.05) is 11.1 Å². The smallest absolute Gasteiger partial charge is 0.316 e. The normalized spacial score (nSPS) is 11.6. The van der Waals surface area contributed by atoms with Crippen LogP contribution in [0.2, 0.25) is 0 Å². The van der Waals surface area contributed by atoms with Crippen LogP contribution in [0, 0.1) is 20.8 Å². The Kier molecular flexibility index (Phi) is 5.91. The van der Waals surface area contributed by atoms with Crippen LogP contribution in [-0.2, 0) is 28.7 Å². The zero-order valence-corrected chi connectivity index (χ0v) is 19.0. The third-order valence-electron chi connectivity index (χ3n) is 5.36. The minimum atomic E-state index is -3.78. The van der Waals surface area contributed by atoms with E-state index in [0.717, 1.165) is 21.3 Å². The maximum atomic E-state index is 12.8. The van der Waals surface area contributed by atoms with Crippen LogP contribution in [0.3, 0.4) is 0 Å². The number of aryl methyl sites for hydroxylation is 5. The maximum absolute atomic E-state index is 12.8. The summed E-state index contributed by atoms with van der Waals surface area (Å²) in [5.74, 6) is -0.775. The molecule has 8 nitrogen and oxygen atoms in total. The zero-order chi connectivity index (χ0) is 23.1. The molecule has 1 heterocycles. The standard InChI is InChI=1S/C22H25N3O5S/c1-13-10-14(2)20(15(3)11-13)23-19(26)8-9-31(29,30)16-6-7-17-18(12-16)25(5)22(28)21(27)24(17)4/h6-7,10-12H,8-9H2,1-5H3,(H,23,26). The van der Waals surface area contributed by atoms with Crippen molar-refractivity contribution < 1.29 is 13.2 Å². The molecule has 1 amide bonds. The second-order valence-electron chi connectivity index (χ2n) is 7.77. The number of anilines is 1. The Hall–Kier alpha value is -3.20. The van der Waals surface area contributed by atoms with Gasteiger partial charge in [0.15, 0.2) is 9.84 Å². The lowest BCUT2D eigenvalue weighted by molar-refractivity contribution is -0.115. The van der Waals surface area contributed by atoms with Crippen molar-refractivity contribution >= 4 is 32.5 Å².